The fraction of sp³-hybridized carbons (Fsp3) is 0.400. The van der Waals surface area contributed by atoms with Crippen molar-refractivity contribution in [2.45, 2.75) is 25.4 Å². The van der Waals surface area contributed by atoms with Crippen LogP contribution in [0.15, 0.2) is 29.4 Å². The van der Waals surface area contributed by atoms with Gasteiger partial charge in [0.25, 0.3) is 5.91 Å². The molecule has 3 N–H and O–H groups in total. The maximum atomic E-state index is 13.0. The summed E-state index contributed by atoms with van der Waals surface area (Å²) in [6, 6.07) is 4.48. The van der Waals surface area contributed by atoms with Gasteiger partial charge in [0.2, 0.25) is 5.91 Å². The van der Waals surface area contributed by atoms with Crippen LogP contribution in [0.5, 0.6) is 0 Å². The van der Waals surface area contributed by atoms with E-state index in [1.54, 1.807) is 6.92 Å². The first-order chi connectivity index (χ1) is 10.9. The molecule has 2 atom stereocenters. The second-order valence-electron chi connectivity index (χ2n) is 5.32. The molecule has 2 rings (SSSR count). The van der Waals surface area contributed by atoms with Crippen LogP contribution >= 0.6 is 0 Å². The van der Waals surface area contributed by atoms with Crippen molar-refractivity contribution in [1.82, 2.24) is 5.32 Å². The molecule has 0 saturated carbocycles. The molecule has 2 amide bonds. The summed E-state index contributed by atoms with van der Waals surface area (Å²) in [6.45, 7) is 2.15. The second-order valence-corrected chi connectivity index (χ2v) is 5.32. The Balaban J connectivity index is 2.19. The highest BCUT2D eigenvalue weighted by molar-refractivity contribution is 6.40. The van der Waals surface area contributed by atoms with E-state index in [9.17, 15) is 14.0 Å². The third-order valence-corrected chi connectivity index (χ3v) is 3.39. The van der Waals surface area contributed by atoms with Gasteiger partial charge in [-0.25, -0.2) is 4.39 Å². The molecule has 1 aliphatic rings. The highest BCUT2D eigenvalue weighted by Crippen LogP contribution is 2.24. The van der Waals surface area contributed by atoms with Crippen molar-refractivity contribution in [3.8, 4) is 0 Å². The number of hydrogen-bond donors (Lipinski definition) is 2. The number of amides is 2. The minimum Gasteiger partial charge on any atom is -0.383 e. The topological polar surface area (TPSA) is 97.0 Å². The molecule has 1 heterocycles. The van der Waals surface area contributed by atoms with E-state index in [1.807, 2.05) is 0 Å². The van der Waals surface area contributed by atoms with Gasteiger partial charge >= 0.3 is 0 Å². The molecule has 0 spiro atoms. The number of ether oxygens (including phenoxy) is 1. The van der Waals surface area contributed by atoms with Gasteiger partial charge < -0.3 is 15.8 Å². The van der Waals surface area contributed by atoms with Gasteiger partial charge in [-0.2, -0.15) is 5.10 Å². The fourth-order valence-electron chi connectivity index (χ4n) is 2.30. The number of nitrogens with one attached hydrogen (secondary N) is 1. The van der Waals surface area contributed by atoms with E-state index in [1.165, 1.54) is 36.4 Å². The van der Waals surface area contributed by atoms with Crippen molar-refractivity contribution < 1.29 is 18.7 Å². The van der Waals surface area contributed by atoms with Crippen molar-refractivity contribution in [2.24, 2.45) is 10.8 Å². The zero-order valence-corrected chi connectivity index (χ0v) is 13.0. The number of primary amides is 1. The zero-order chi connectivity index (χ0) is 17.0. The van der Waals surface area contributed by atoms with E-state index in [-0.39, 0.29) is 24.1 Å². The molecule has 0 radical (unpaired) electrons. The number of rotatable bonds is 6. The van der Waals surface area contributed by atoms with Crippen molar-refractivity contribution >= 4 is 23.2 Å². The number of carbonyl (C=O) groups is 2. The van der Waals surface area contributed by atoms with Crippen LogP contribution in [0.25, 0.3) is 0 Å². The van der Waals surface area contributed by atoms with Gasteiger partial charge in [-0.15, -0.1) is 0 Å². The Hall–Kier alpha value is -2.48. The monoisotopic (exact) mass is 322 g/mol. The van der Waals surface area contributed by atoms with Crippen LogP contribution in [0.4, 0.5) is 10.1 Å². The van der Waals surface area contributed by atoms with Gasteiger partial charge in [-0.3, -0.25) is 14.6 Å². The highest BCUT2D eigenvalue weighted by atomic mass is 19.1. The zero-order valence-electron chi connectivity index (χ0n) is 13.0. The average Bonchev–Trinajstić information content (AvgIpc) is 2.93. The average molecular weight is 322 g/mol. The predicted octanol–water partition coefficient (Wildman–Crippen LogP) is 0.397. The summed E-state index contributed by atoms with van der Waals surface area (Å²) in [5, 5.41) is 8.25. The summed E-state index contributed by atoms with van der Waals surface area (Å²) >= 11 is 0. The van der Waals surface area contributed by atoms with Gasteiger partial charge in [-0.05, 0) is 31.2 Å². The number of hydrazone groups is 1. The van der Waals surface area contributed by atoms with E-state index >= 15 is 0 Å². The quantitative estimate of drug-likeness (QED) is 0.792. The van der Waals surface area contributed by atoms with Gasteiger partial charge in [0.1, 0.15) is 17.6 Å². The lowest BCUT2D eigenvalue weighted by atomic mass is 10.1. The van der Waals surface area contributed by atoms with Crippen molar-refractivity contribution in [1.29, 1.82) is 0 Å². The smallest absolute Gasteiger partial charge is 0.267 e. The Morgan fingerprint density at radius 1 is 1.48 bits per heavy atom. The Morgan fingerprint density at radius 2 is 2.13 bits per heavy atom. The molecule has 0 bridgehead atoms. The number of carbonyl (C=O) groups excluding carboxylic acids is 2. The summed E-state index contributed by atoms with van der Waals surface area (Å²) < 4.78 is 18.0. The Labute approximate surface area is 133 Å². The first kappa shape index (κ1) is 16.9. The number of nitrogens with two attached hydrogens (primary N) is 1. The van der Waals surface area contributed by atoms with E-state index in [2.05, 4.69) is 10.4 Å². The van der Waals surface area contributed by atoms with Gasteiger partial charge in [0, 0.05) is 19.6 Å². The molecule has 7 nitrogen and oxygen atoms in total. The lowest BCUT2D eigenvalue weighted by molar-refractivity contribution is -0.119. The molecule has 0 aromatic heterocycles. The summed E-state index contributed by atoms with van der Waals surface area (Å²) in [5.41, 5.74) is 6.07. The molecule has 124 valence electrons. The molecule has 23 heavy (non-hydrogen) atoms. The Kier molecular flexibility index (Phi) is 5.28. The minimum absolute atomic E-state index is 0.0955. The highest BCUT2D eigenvalue weighted by Gasteiger charge is 2.35. The number of hydrogen-bond acceptors (Lipinski definition) is 5. The predicted molar refractivity (Wildman–Crippen MR) is 83.4 cm³/mol. The van der Waals surface area contributed by atoms with Crippen LogP contribution in [0.3, 0.4) is 0 Å². The molecule has 1 aromatic rings. The van der Waals surface area contributed by atoms with Crippen molar-refractivity contribution in [3.63, 3.8) is 0 Å². The molecule has 0 unspecified atom stereocenters. The molecule has 0 fully saturated rings. The van der Waals surface area contributed by atoms with Crippen LogP contribution in [0, 0.1) is 5.82 Å². The number of nitrogens with zero attached hydrogens (tertiary/aromatic N) is 2. The van der Waals surface area contributed by atoms with E-state index in [0.717, 1.165) is 0 Å². The first-order valence-corrected chi connectivity index (χ1v) is 7.13. The normalized spacial score (nSPS) is 18.5. The number of halogens is 1. The molecule has 0 saturated heterocycles. The van der Waals surface area contributed by atoms with Crippen LogP contribution < -0.4 is 16.1 Å². The number of anilines is 1. The third kappa shape index (κ3) is 4.04. The van der Waals surface area contributed by atoms with Crippen LogP contribution in [0.1, 0.15) is 13.3 Å². The summed E-state index contributed by atoms with van der Waals surface area (Å²) in [4.78, 5) is 23.8. The molecule has 1 aliphatic heterocycles. The summed E-state index contributed by atoms with van der Waals surface area (Å²) in [7, 11) is 1.54. The van der Waals surface area contributed by atoms with Gasteiger partial charge in [0.05, 0.1) is 12.3 Å². The molecule has 1 aromatic carbocycles. The maximum absolute atomic E-state index is 13.0. The van der Waals surface area contributed by atoms with Crippen molar-refractivity contribution in [3.05, 3.63) is 30.1 Å². The van der Waals surface area contributed by atoms with E-state index in [4.69, 9.17) is 10.5 Å². The third-order valence-electron chi connectivity index (χ3n) is 3.39. The first-order valence-electron chi connectivity index (χ1n) is 7.13. The van der Waals surface area contributed by atoms with Gasteiger partial charge in [-0.1, -0.05) is 0 Å². The second kappa shape index (κ2) is 7.19. The van der Waals surface area contributed by atoms with E-state index < -0.39 is 17.8 Å². The largest absolute Gasteiger partial charge is 0.383 e. The van der Waals surface area contributed by atoms with Crippen LogP contribution in [-0.4, -0.2) is 43.3 Å². The molecular weight excluding hydrogens is 303 g/mol. The molecular formula is C15H19FN4O3. The summed E-state index contributed by atoms with van der Waals surface area (Å²) in [5.74, 6) is -1.39. The Bertz CT molecular complexity index is 618. The standard InChI is InChI=1S/C15H19FN4O3/c1-9(8-23-2)18-15(22)12-7-13(14(17)21)20(19-12)11-5-3-10(16)4-6-11/h3-6,9,13H,7-8H2,1-2H3,(H2,17,21)(H,18,22)/t9-,13+/m1/s1. The molecule has 8 heteroatoms. The maximum Gasteiger partial charge on any atom is 0.267 e. The lowest BCUT2D eigenvalue weighted by Gasteiger charge is -2.20. The summed E-state index contributed by atoms with van der Waals surface area (Å²) in [6.07, 6.45) is 0.0955. The fourth-order valence-corrected chi connectivity index (χ4v) is 2.30. The Morgan fingerprint density at radius 3 is 2.70 bits per heavy atom. The van der Waals surface area contributed by atoms with Gasteiger partial charge in [0.15, 0.2) is 0 Å². The van der Waals surface area contributed by atoms with Crippen molar-refractivity contribution in [2.75, 3.05) is 18.7 Å². The van der Waals surface area contributed by atoms with Crippen LogP contribution in [0.2, 0.25) is 0 Å². The van der Waals surface area contributed by atoms with Crippen LogP contribution in [-0.2, 0) is 14.3 Å². The lowest BCUT2D eigenvalue weighted by Crippen LogP contribution is -2.41. The van der Waals surface area contributed by atoms with E-state index in [0.29, 0.717) is 12.3 Å². The SMILES string of the molecule is COC[C@@H](C)NC(=O)C1=NN(c2ccc(F)cc2)[C@H](C(N)=O)C1. The minimum atomic E-state index is -0.779. The number of benzene rings is 1. The molecule has 0 aliphatic carbocycles. The number of methoxy groups -OCH3 is 1.